The minimum atomic E-state index is -0.0961. The van der Waals surface area contributed by atoms with Crippen molar-refractivity contribution in [3.8, 4) is 5.75 Å². The molecule has 0 bridgehead atoms. The first-order valence-corrected chi connectivity index (χ1v) is 7.74. The van der Waals surface area contributed by atoms with Gasteiger partial charge in [-0.2, -0.15) is 0 Å². The summed E-state index contributed by atoms with van der Waals surface area (Å²) in [5.41, 5.74) is 0.928. The molecule has 1 aliphatic rings. The minimum Gasteiger partial charge on any atom is -0.497 e. The SMILES string of the molecule is COc1ccc(CC(=O)Nc2cc(N3CCCC3)ncn2)cc1. The number of hydrogen-bond donors (Lipinski definition) is 1. The summed E-state index contributed by atoms with van der Waals surface area (Å²) in [6, 6.07) is 9.29. The van der Waals surface area contributed by atoms with Gasteiger partial charge in [-0.05, 0) is 30.5 Å². The fourth-order valence-corrected chi connectivity index (χ4v) is 2.65. The fraction of sp³-hybridized carbons (Fsp3) is 0.353. The molecule has 120 valence electrons. The highest BCUT2D eigenvalue weighted by Gasteiger charge is 2.14. The molecule has 0 unspecified atom stereocenters. The van der Waals surface area contributed by atoms with E-state index in [1.165, 1.54) is 19.2 Å². The molecule has 1 aliphatic heterocycles. The lowest BCUT2D eigenvalue weighted by Crippen LogP contribution is -2.20. The molecular weight excluding hydrogens is 292 g/mol. The van der Waals surface area contributed by atoms with E-state index in [-0.39, 0.29) is 5.91 Å². The maximum atomic E-state index is 12.2. The minimum absolute atomic E-state index is 0.0961. The molecule has 1 fully saturated rings. The van der Waals surface area contributed by atoms with Crippen LogP contribution in [0.25, 0.3) is 0 Å². The Kier molecular flexibility index (Phi) is 4.71. The molecule has 2 aromatic rings. The van der Waals surface area contributed by atoms with Crippen LogP contribution in [0.5, 0.6) is 5.75 Å². The molecule has 6 heteroatoms. The monoisotopic (exact) mass is 312 g/mol. The number of methoxy groups -OCH3 is 1. The third-order valence-corrected chi connectivity index (χ3v) is 3.87. The summed E-state index contributed by atoms with van der Waals surface area (Å²) in [6.45, 7) is 2.02. The summed E-state index contributed by atoms with van der Waals surface area (Å²) in [6.07, 6.45) is 4.16. The summed E-state index contributed by atoms with van der Waals surface area (Å²) >= 11 is 0. The number of nitrogens with one attached hydrogen (secondary N) is 1. The summed E-state index contributed by atoms with van der Waals surface area (Å²) in [7, 11) is 1.62. The van der Waals surface area contributed by atoms with E-state index in [9.17, 15) is 4.79 Å². The zero-order chi connectivity index (χ0) is 16.1. The summed E-state index contributed by atoms with van der Waals surface area (Å²) in [5.74, 6) is 2.10. The zero-order valence-electron chi connectivity index (χ0n) is 13.2. The fourth-order valence-electron chi connectivity index (χ4n) is 2.65. The van der Waals surface area contributed by atoms with Crippen LogP contribution in [0, 0.1) is 0 Å². The molecule has 6 nitrogen and oxygen atoms in total. The number of rotatable bonds is 5. The van der Waals surface area contributed by atoms with Gasteiger partial charge in [0, 0.05) is 19.2 Å². The normalized spacial score (nSPS) is 13.9. The van der Waals surface area contributed by atoms with Crippen molar-refractivity contribution in [2.24, 2.45) is 0 Å². The molecule has 0 radical (unpaired) electrons. The third-order valence-electron chi connectivity index (χ3n) is 3.87. The zero-order valence-corrected chi connectivity index (χ0v) is 13.2. The second-order valence-electron chi connectivity index (χ2n) is 5.53. The number of aromatic nitrogens is 2. The van der Waals surface area contributed by atoms with Gasteiger partial charge in [-0.1, -0.05) is 12.1 Å². The van der Waals surface area contributed by atoms with Crippen molar-refractivity contribution in [3.63, 3.8) is 0 Å². The summed E-state index contributed by atoms with van der Waals surface area (Å²) < 4.78 is 5.11. The van der Waals surface area contributed by atoms with E-state index in [2.05, 4.69) is 20.2 Å². The Balaban J connectivity index is 1.61. The Labute approximate surface area is 135 Å². The molecule has 2 heterocycles. The number of carbonyl (C=O) groups is 1. The van der Waals surface area contributed by atoms with Gasteiger partial charge in [-0.25, -0.2) is 9.97 Å². The van der Waals surface area contributed by atoms with Crippen LogP contribution in [-0.2, 0) is 11.2 Å². The topological polar surface area (TPSA) is 67.3 Å². The second-order valence-corrected chi connectivity index (χ2v) is 5.53. The Morgan fingerprint density at radius 3 is 2.65 bits per heavy atom. The van der Waals surface area contributed by atoms with Gasteiger partial charge in [0.2, 0.25) is 5.91 Å². The Morgan fingerprint density at radius 1 is 1.22 bits per heavy atom. The predicted octanol–water partition coefficient (Wildman–Crippen LogP) is 2.27. The Hall–Kier alpha value is -2.63. The van der Waals surface area contributed by atoms with Crippen molar-refractivity contribution >= 4 is 17.5 Å². The van der Waals surface area contributed by atoms with E-state index in [0.717, 1.165) is 30.2 Å². The number of carbonyl (C=O) groups excluding carboxylic acids is 1. The smallest absolute Gasteiger partial charge is 0.229 e. The van der Waals surface area contributed by atoms with Gasteiger partial charge in [0.05, 0.1) is 13.5 Å². The van der Waals surface area contributed by atoms with Gasteiger partial charge in [0.25, 0.3) is 0 Å². The predicted molar refractivity (Wildman–Crippen MR) is 88.8 cm³/mol. The maximum absolute atomic E-state index is 12.2. The average Bonchev–Trinajstić information content (AvgIpc) is 3.10. The number of benzene rings is 1. The number of ether oxygens (including phenoxy) is 1. The molecule has 23 heavy (non-hydrogen) atoms. The van der Waals surface area contributed by atoms with Crippen molar-refractivity contribution in [3.05, 3.63) is 42.2 Å². The molecule has 0 aliphatic carbocycles. The average molecular weight is 312 g/mol. The lowest BCUT2D eigenvalue weighted by molar-refractivity contribution is -0.115. The third kappa shape index (κ3) is 3.97. The quantitative estimate of drug-likeness (QED) is 0.917. The second kappa shape index (κ2) is 7.09. The number of anilines is 2. The van der Waals surface area contributed by atoms with Crippen molar-refractivity contribution in [1.82, 2.24) is 9.97 Å². The molecule has 1 saturated heterocycles. The van der Waals surface area contributed by atoms with Gasteiger partial charge >= 0.3 is 0 Å². The highest BCUT2D eigenvalue weighted by molar-refractivity contribution is 5.91. The van der Waals surface area contributed by atoms with Crippen molar-refractivity contribution in [2.45, 2.75) is 19.3 Å². The lowest BCUT2D eigenvalue weighted by atomic mass is 10.1. The first kappa shape index (κ1) is 15.3. The highest BCUT2D eigenvalue weighted by atomic mass is 16.5. The van der Waals surface area contributed by atoms with Crippen LogP contribution in [0.15, 0.2) is 36.7 Å². The van der Waals surface area contributed by atoms with Crippen LogP contribution in [0.1, 0.15) is 18.4 Å². The van der Waals surface area contributed by atoms with Gasteiger partial charge < -0.3 is 15.0 Å². The van der Waals surface area contributed by atoms with E-state index < -0.39 is 0 Å². The van der Waals surface area contributed by atoms with Crippen LogP contribution in [0.2, 0.25) is 0 Å². The molecular formula is C17H20N4O2. The van der Waals surface area contributed by atoms with Crippen LogP contribution in [0.3, 0.4) is 0 Å². The number of hydrogen-bond acceptors (Lipinski definition) is 5. The molecule has 0 saturated carbocycles. The van der Waals surface area contributed by atoms with Crippen molar-refractivity contribution in [2.75, 3.05) is 30.4 Å². The van der Waals surface area contributed by atoms with Crippen LogP contribution >= 0.6 is 0 Å². The van der Waals surface area contributed by atoms with Gasteiger partial charge in [-0.3, -0.25) is 4.79 Å². The molecule has 1 aromatic heterocycles. The van der Waals surface area contributed by atoms with Crippen molar-refractivity contribution < 1.29 is 9.53 Å². The summed E-state index contributed by atoms with van der Waals surface area (Å²) in [4.78, 5) is 22.8. The molecule has 0 atom stereocenters. The molecule has 3 rings (SSSR count). The largest absolute Gasteiger partial charge is 0.497 e. The Morgan fingerprint density at radius 2 is 1.96 bits per heavy atom. The van der Waals surface area contributed by atoms with E-state index in [1.54, 1.807) is 7.11 Å². The Bertz CT molecular complexity index is 667. The van der Waals surface area contributed by atoms with Crippen LogP contribution in [0.4, 0.5) is 11.6 Å². The van der Waals surface area contributed by atoms with E-state index in [1.807, 2.05) is 30.3 Å². The van der Waals surface area contributed by atoms with E-state index in [4.69, 9.17) is 4.74 Å². The first-order chi connectivity index (χ1) is 11.2. The maximum Gasteiger partial charge on any atom is 0.229 e. The molecule has 1 amide bonds. The van der Waals surface area contributed by atoms with Gasteiger partial charge in [-0.15, -0.1) is 0 Å². The molecule has 1 aromatic carbocycles. The lowest BCUT2D eigenvalue weighted by Gasteiger charge is -2.16. The standard InChI is InChI=1S/C17H20N4O2/c1-23-14-6-4-13(5-7-14)10-17(22)20-15-11-16(19-12-18-15)21-8-2-3-9-21/h4-7,11-12H,2-3,8-10H2,1H3,(H,18,19,20,22). The van der Waals surface area contributed by atoms with E-state index in [0.29, 0.717) is 12.2 Å². The van der Waals surface area contributed by atoms with E-state index >= 15 is 0 Å². The number of nitrogens with zero attached hydrogens (tertiary/aromatic N) is 3. The van der Waals surface area contributed by atoms with Gasteiger partial charge in [0.1, 0.15) is 23.7 Å². The van der Waals surface area contributed by atoms with Crippen molar-refractivity contribution in [1.29, 1.82) is 0 Å². The molecule has 1 N–H and O–H groups in total. The number of amides is 1. The van der Waals surface area contributed by atoms with Crippen LogP contribution in [-0.4, -0.2) is 36.1 Å². The first-order valence-electron chi connectivity index (χ1n) is 7.74. The highest BCUT2D eigenvalue weighted by Crippen LogP contribution is 2.19. The summed E-state index contributed by atoms with van der Waals surface area (Å²) in [5, 5.41) is 2.83. The van der Waals surface area contributed by atoms with Crippen LogP contribution < -0.4 is 15.0 Å². The molecule has 0 spiro atoms. The van der Waals surface area contributed by atoms with Gasteiger partial charge in [0.15, 0.2) is 0 Å².